The number of imidazole rings is 1. The molecule has 7 heteroatoms. The highest BCUT2D eigenvalue weighted by Gasteiger charge is 2.13. The lowest BCUT2D eigenvalue weighted by Gasteiger charge is -2.06. The molecule has 7 nitrogen and oxygen atoms in total. The molecular formula is C10H11N5O2. The van der Waals surface area contributed by atoms with E-state index in [1.165, 1.54) is 12.4 Å². The van der Waals surface area contributed by atoms with Gasteiger partial charge in [0.2, 0.25) is 0 Å². The van der Waals surface area contributed by atoms with Gasteiger partial charge in [-0.1, -0.05) is 0 Å². The summed E-state index contributed by atoms with van der Waals surface area (Å²) in [6.45, 7) is 0.425. The molecule has 0 aromatic carbocycles. The van der Waals surface area contributed by atoms with Crippen molar-refractivity contribution in [2.24, 2.45) is 7.05 Å². The van der Waals surface area contributed by atoms with Crippen LogP contribution in [-0.2, 0) is 13.6 Å². The largest absolute Gasteiger partial charge is 0.372 e. The average molecular weight is 233 g/mol. The van der Waals surface area contributed by atoms with Crippen molar-refractivity contribution < 1.29 is 4.92 Å². The molecule has 0 unspecified atom stereocenters. The van der Waals surface area contributed by atoms with Crippen molar-refractivity contribution >= 4 is 11.4 Å². The van der Waals surface area contributed by atoms with E-state index in [4.69, 9.17) is 0 Å². The highest BCUT2D eigenvalue weighted by Crippen LogP contribution is 2.22. The molecule has 0 aliphatic heterocycles. The number of anilines is 1. The van der Waals surface area contributed by atoms with Crippen molar-refractivity contribution in [1.29, 1.82) is 0 Å². The van der Waals surface area contributed by atoms with Gasteiger partial charge in [-0.2, -0.15) is 0 Å². The smallest absolute Gasteiger partial charge is 0.310 e. The van der Waals surface area contributed by atoms with Gasteiger partial charge in [-0.3, -0.25) is 15.1 Å². The van der Waals surface area contributed by atoms with E-state index in [9.17, 15) is 10.1 Å². The predicted molar refractivity (Wildman–Crippen MR) is 61.4 cm³/mol. The molecule has 0 fully saturated rings. The zero-order valence-electron chi connectivity index (χ0n) is 9.20. The second-order valence-electron chi connectivity index (χ2n) is 3.46. The van der Waals surface area contributed by atoms with E-state index >= 15 is 0 Å². The Morgan fingerprint density at radius 3 is 3.00 bits per heavy atom. The van der Waals surface area contributed by atoms with E-state index in [-0.39, 0.29) is 5.69 Å². The van der Waals surface area contributed by atoms with Crippen LogP contribution in [0.3, 0.4) is 0 Å². The first-order valence-electron chi connectivity index (χ1n) is 4.97. The molecule has 1 N–H and O–H groups in total. The van der Waals surface area contributed by atoms with Gasteiger partial charge in [0, 0.05) is 25.6 Å². The fourth-order valence-electron chi connectivity index (χ4n) is 1.42. The number of hydrogen-bond acceptors (Lipinski definition) is 5. The summed E-state index contributed by atoms with van der Waals surface area (Å²) in [5, 5.41) is 13.7. The van der Waals surface area contributed by atoms with Crippen LogP contribution in [0.1, 0.15) is 5.82 Å². The molecule has 0 bridgehead atoms. The van der Waals surface area contributed by atoms with Crippen LogP contribution in [-0.4, -0.2) is 19.5 Å². The third kappa shape index (κ3) is 2.39. The number of nitro groups is 1. The van der Waals surface area contributed by atoms with Crippen LogP contribution in [0.25, 0.3) is 0 Å². The zero-order chi connectivity index (χ0) is 12.3. The third-order valence-corrected chi connectivity index (χ3v) is 2.35. The Labute approximate surface area is 97.3 Å². The zero-order valence-corrected chi connectivity index (χ0v) is 9.20. The number of hydrogen-bond donors (Lipinski definition) is 1. The summed E-state index contributed by atoms with van der Waals surface area (Å²) in [7, 11) is 1.87. The first-order valence-corrected chi connectivity index (χ1v) is 4.97. The molecule has 0 atom stereocenters. The van der Waals surface area contributed by atoms with E-state index in [0.29, 0.717) is 12.2 Å². The van der Waals surface area contributed by atoms with Crippen LogP contribution < -0.4 is 5.32 Å². The molecule has 2 heterocycles. The van der Waals surface area contributed by atoms with E-state index in [1.807, 2.05) is 17.8 Å². The van der Waals surface area contributed by atoms with Crippen molar-refractivity contribution in [3.63, 3.8) is 0 Å². The lowest BCUT2D eigenvalue weighted by Crippen LogP contribution is -2.07. The van der Waals surface area contributed by atoms with Crippen LogP contribution in [0.4, 0.5) is 11.4 Å². The molecule has 0 amide bonds. The maximum atomic E-state index is 10.8. The fraction of sp³-hybridized carbons (Fsp3) is 0.200. The molecule has 0 saturated carbocycles. The first-order chi connectivity index (χ1) is 8.18. The van der Waals surface area contributed by atoms with Gasteiger partial charge in [-0.25, -0.2) is 4.98 Å². The van der Waals surface area contributed by atoms with Crippen molar-refractivity contribution in [3.05, 3.63) is 46.8 Å². The molecule has 0 radical (unpaired) electrons. The van der Waals surface area contributed by atoms with E-state index < -0.39 is 4.92 Å². The Bertz CT molecular complexity index is 537. The lowest BCUT2D eigenvalue weighted by atomic mass is 10.3. The topological polar surface area (TPSA) is 85.9 Å². The Morgan fingerprint density at radius 2 is 2.35 bits per heavy atom. The van der Waals surface area contributed by atoms with Gasteiger partial charge in [-0.05, 0) is 6.07 Å². The van der Waals surface area contributed by atoms with Crippen LogP contribution >= 0.6 is 0 Å². The molecule has 0 spiro atoms. The van der Waals surface area contributed by atoms with Crippen LogP contribution in [0.2, 0.25) is 0 Å². The highest BCUT2D eigenvalue weighted by atomic mass is 16.6. The molecule has 2 aromatic heterocycles. The molecule has 17 heavy (non-hydrogen) atoms. The Hall–Kier alpha value is -2.44. The van der Waals surface area contributed by atoms with Crippen molar-refractivity contribution in [2.75, 3.05) is 5.32 Å². The molecule has 0 saturated heterocycles. The number of pyridine rings is 1. The van der Waals surface area contributed by atoms with E-state index in [2.05, 4.69) is 15.3 Å². The minimum atomic E-state index is -0.465. The second kappa shape index (κ2) is 4.60. The SMILES string of the molecule is Cn1ccnc1CNc1ccncc1[N+](=O)[O-]. The number of rotatable bonds is 4. The summed E-state index contributed by atoms with van der Waals surface area (Å²) < 4.78 is 1.85. The summed E-state index contributed by atoms with van der Waals surface area (Å²) in [4.78, 5) is 18.1. The van der Waals surface area contributed by atoms with Crippen LogP contribution in [0.15, 0.2) is 30.9 Å². The first kappa shape index (κ1) is 11.1. The summed E-state index contributed by atoms with van der Waals surface area (Å²) in [5.74, 6) is 0.802. The number of aromatic nitrogens is 3. The minimum absolute atomic E-state index is 0.0401. The van der Waals surface area contributed by atoms with E-state index in [0.717, 1.165) is 5.82 Å². The molecule has 2 rings (SSSR count). The molecular weight excluding hydrogens is 222 g/mol. The Balaban J connectivity index is 2.14. The molecule has 0 aliphatic rings. The number of nitrogens with one attached hydrogen (secondary N) is 1. The van der Waals surface area contributed by atoms with Crippen LogP contribution in [0, 0.1) is 10.1 Å². The normalized spacial score (nSPS) is 10.2. The Morgan fingerprint density at radius 1 is 1.53 bits per heavy atom. The molecule has 88 valence electrons. The van der Waals surface area contributed by atoms with Gasteiger partial charge in [-0.15, -0.1) is 0 Å². The van der Waals surface area contributed by atoms with Gasteiger partial charge < -0.3 is 9.88 Å². The second-order valence-corrected chi connectivity index (χ2v) is 3.46. The predicted octanol–water partition coefficient (Wildman–Crippen LogP) is 1.34. The van der Waals surface area contributed by atoms with E-state index in [1.54, 1.807) is 12.3 Å². The maximum absolute atomic E-state index is 10.8. The summed E-state index contributed by atoms with van der Waals surface area (Å²) in [5.41, 5.74) is 0.398. The standard InChI is InChI=1S/C10H11N5O2/c1-14-5-4-12-10(14)7-13-8-2-3-11-6-9(8)15(16)17/h2-6H,7H2,1H3,(H,11,13). The van der Waals surface area contributed by atoms with Crippen molar-refractivity contribution in [3.8, 4) is 0 Å². The Kier molecular flexibility index (Phi) is 2.99. The number of aryl methyl sites for hydroxylation is 1. The van der Waals surface area contributed by atoms with Crippen molar-refractivity contribution in [2.45, 2.75) is 6.54 Å². The fourth-order valence-corrected chi connectivity index (χ4v) is 1.42. The van der Waals surface area contributed by atoms with Gasteiger partial charge in [0.15, 0.2) is 0 Å². The van der Waals surface area contributed by atoms with Crippen LogP contribution in [0.5, 0.6) is 0 Å². The lowest BCUT2D eigenvalue weighted by molar-refractivity contribution is -0.384. The van der Waals surface area contributed by atoms with Gasteiger partial charge in [0.1, 0.15) is 17.7 Å². The van der Waals surface area contributed by atoms with Gasteiger partial charge in [0.25, 0.3) is 0 Å². The maximum Gasteiger partial charge on any atom is 0.310 e. The summed E-state index contributed by atoms with van der Waals surface area (Å²) in [6.07, 6.45) is 6.23. The molecule has 2 aromatic rings. The van der Waals surface area contributed by atoms with Gasteiger partial charge >= 0.3 is 5.69 Å². The highest BCUT2D eigenvalue weighted by molar-refractivity contribution is 5.59. The average Bonchev–Trinajstić information content (AvgIpc) is 2.72. The quantitative estimate of drug-likeness (QED) is 0.636. The van der Waals surface area contributed by atoms with Crippen molar-refractivity contribution in [1.82, 2.24) is 14.5 Å². The molecule has 0 aliphatic carbocycles. The monoisotopic (exact) mass is 233 g/mol. The van der Waals surface area contributed by atoms with Gasteiger partial charge in [0.05, 0.1) is 11.5 Å². The minimum Gasteiger partial charge on any atom is -0.372 e. The third-order valence-electron chi connectivity index (χ3n) is 2.35. The number of nitrogens with zero attached hydrogens (tertiary/aromatic N) is 4. The summed E-state index contributed by atoms with van der Waals surface area (Å²) >= 11 is 0. The summed E-state index contributed by atoms with van der Waals surface area (Å²) in [6, 6.07) is 1.57.